The number of hydrogen-bond acceptors (Lipinski definition) is 4. The highest BCUT2D eigenvalue weighted by Gasteiger charge is 2.31. The van der Waals surface area contributed by atoms with Gasteiger partial charge in [0.1, 0.15) is 0 Å². The Labute approximate surface area is 175 Å². The lowest BCUT2D eigenvalue weighted by Gasteiger charge is -2.30. The molecule has 0 fully saturated rings. The fourth-order valence-electron chi connectivity index (χ4n) is 3.91. The molecule has 0 bridgehead atoms. The van der Waals surface area contributed by atoms with Crippen molar-refractivity contribution in [2.75, 3.05) is 12.3 Å². The molecule has 2 aromatic carbocycles. The Balaban J connectivity index is 1.73. The van der Waals surface area contributed by atoms with Crippen LogP contribution in [0, 0.1) is 5.92 Å². The van der Waals surface area contributed by atoms with Gasteiger partial charge in [-0.1, -0.05) is 76.2 Å². The van der Waals surface area contributed by atoms with Gasteiger partial charge in [-0.3, -0.25) is 0 Å². The average Bonchev–Trinajstić information content (AvgIpc) is 2.64. The zero-order valence-corrected chi connectivity index (χ0v) is 18.7. The van der Waals surface area contributed by atoms with Crippen LogP contribution in [0.1, 0.15) is 56.0 Å². The molecule has 0 spiro atoms. The van der Waals surface area contributed by atoms with Crippen molar-refractivity contribution in [3.05, 3.63) is 70.8 Å². The van der Waals surface area contributed by atoms with Gasteiger partial charge in [0.25, 0.3) is 0 Å². The summed E-state index contributed by atoms with van der Waals surface area (Å²) in [5.74, 6) is 0.246. The first kappa shape index (κ1) is 22.0. The smallest absolute Gasteiger partial charge is 0.156 e. The van der Waals surface area contributed by atoms with E-state index in [2.05, 4.69) is 44.3 Å². The maximum absolute atomic E-state index is 12.4. The molecular formula is C24H33NO3S. The lowest BCUT2D eigenvalue weighted by atomic mass is 9.84. The second-order valence-electron chi connectivity index (χ2n) is 9.41. The van der Waals surface area contributed by atoms with Crippen LogP contribution in [0.3, 0.4) is 0 Å². The molecule has 3 rings (SSSR count). The fraction of sp³-hybridized carbons (Fsp3) is 0.500. The molecule has 1 aliphatic rings. The Morgan fingerprint density at radius 1 is 1.14 bits per heavy atom. The van der Waals surface area contributed by atoms with E-state index in [1.807, 2.05) is 37.3 Å². The van der Waals surface area contributed by atoms with Gasteiger partial charge in [0, 0.05) is 12.6 Å². The summed E-state index contributed by atoms with van der Waals surface area (Å²) < 4.78 is 24.8. The molecule has 1 heterocycles. The van der Waals surface area contributed by atoms with E-state index in [1.54, 1.807) is 0 Å². The fourth-order valence-corrected chi connectivity index (χ4v) is 5.57. The van der Waals surface area contributed by atoms with Crippen LogP contribution in [-0.2, 0) is 27.4 Å². The minimum absolute atomic E-state index is 0.000383. The third kappa shape index (κ3) is 5.68. The summed E-state index contributed by atoms with van der Waals surface area (Å²) in [5, 5.41) is 14.0. The first-order chi connectivity index (χ1) is 13.5. The number of aliphatic hydroxyl groups excluding tert-OH is 1. The molecule has 2 N–H and O–H groups in total. The molecule has 5 heteroatoms. The van der Waals surface area contributed by atoms with Gasteiger partial charge in [-0.2, -0.15) is 0 Å². The van der Waals surface area contributed by atoms with E-state index in [0.717, 1.165) is 17.5 Å². The minimum atomic E-state index is -3.15. The van der Waals surface area contributed by atoms with E-state index in [-0.39, 0.29) is 28.9 Å². The second kappa shape index (κ2) is 8.58. The van der Waals surface area contributed by atoms with Crippen molar-refractivity contribution < 1.29 is 13.5 Å². The summed E-state index contributed by atoms with van der Waals surface area (Å²) >= 11 is 0. The first-order valence-electron chi connectivity index (χ1n) is 10.3. The van der Waals surface area contributed by atoms with Crippen molar-refractivity contribution in [1.82, 2.24) is 5.32 Å². The molecule has 0 aliphatic carbocycles. The van der Waals surface area contributed by atoms with E-state index >= 15 is 0 Å². The Bertz CT molecular complexity index is 932. The first-order valence-corrected chi connectivity index (χ1v) is 12.2. The second-order valence-corrected chi connectivity index (χ2v) is 11.5. The van der Waals surface area contributed by atoms with Gasteiger partial charge in [0.2, 0.25) is 0 Å². The molecule has 1 aliphatic heterocycles. The van der Waals surface area contributed by atoms with E-state index in [9.17, 15) is 13.5 Å². The number of hydrogen-bond donors (Lipinski definition) is 2. The molecule has 0 radical (unpaired) electrons. The van der Waals surface area contributed by atoms with Gasteiger partial charge < -0.3 is 10.4 Å². The average molecular weight is 416 g/mol. The summed E-state index contributed by atoms with van der Waals surface area (Å²) in [6, 6.07) is 16.0. The molecule has 0 saturated heterocycles. The maximum atomic E-state index is 12.4. The van der Waals surface area contributed by atoms with Crippen LogP contribution in [-0.4, -0.2) is 31.9 Å². The number of benzene rings is 2. The molecule has 3 atom stereocenters. The van der Waals surface area contributed by atoms with Gasteiger partial charge in [-0.15, -0.1) is 0 Å². The third-order valence-electron chi connectivity index (χ3n) is 5.81. The van der Waals surface area contributed by atoms with Gasteiger partial charge in [-0.05, 0) is 40.0 Å². The topological polar surface area (TPSA) is 66.4 Å². The molecule has 0 amide bonds. The predicted octanol–water partition coefficient (Wildman–Crippen LogP) is 3.78. The predicted molar refractivity (Wildman–Crippen MR) is 119 cm³/mol. The van der Waals surface area contributed by atoms with E-state index in [1.165, 1.54) is 11.1 Å². The lowest BCUT2D eigenvalue weighted by Crippen LogP contribution is -2.39. The number of aliphatic hydroxyl groups is 1. The van der Waals surface area contributed by atoms with Gasteiger partial charge in [0.15, 0.2) is 9.84 Å². The molecular weight excluding hydrogens is 382 g/mol. The van der Waals surface area contributed by atoms with Crippen molar-refractivity contribution in [1.29, 1.82) is 0 Å². The number of nitrogens with one attached hydrogen (secondary N) is 1. The SMILES string of the molecule is CC(Cc1ccccc1)C(O)CNC1CS(=O)(=O)Cc2ccc(C(C)(C)C)cc21. The Morgan fingerprint density at radius 2 is 1.83 bits per heavy atom. The molecule has 0 aromatic heterocycles. The third-order valence-corrected chi connectivity index (χ3v) is 7.41. The zero-order chi connectivity index (χ0) is 21.2. The summed E-state index contributed by atoms with van der Waals surface area (Å²) in [5.41, 5.74) is 4.31. The highest BCUT2D eigenvalue weighted by atomic mass is 32.2. The largest absolute Gasteiger partial charge is 0.392 e. The summed E-state index contributed by atoms with van der Waals surface area (Å²) in [6.45, 7) is 8.87. The zero-order valence-electron chi connectivity index (χ0n) is 17.9. The van der Waals surface area contributed by atoms with Crippen LogP contribution >= 0.6 is 0 Å². The summed E-state index contributed by atoms with van der Waals surface area (Å²) in [6.07, 6.45) is 0.242. The number of sulfone groups is 1. The van der Waals surface area contributed by atoms with Gasteiger partial charge >= 0.3 is 0 Å². The quantitative estimate of drug-likeness (QED) is 0.753. The monoisotopic (exact) mass is 415 g/mol. The van der Waals surface area contributed by atoms with E-state index in [0.29, 0.717) is 6.54 Å². The highest BCUT2D eigenvalue weighted by molar-refractivity contribution is 7.90. The van der Waals surface area contributed by atoms with Crippen LogP contribution in [0.4, 0.5) is 0 Å². The summed E-state index contributed by atoms with van der Waals surface area (Å²) in [4.78, 5) is 0. The normalized spacial score (nSPS) is 20.7. The van der Waals surface area contributed by atoms with Crippen LogP contribution < -0.4 is 5.32 Å². The molecule has 2 aromatic rings. The Kier molecular flexibility index (Phi) is 6.51. The summed E-state index contributed by atoms with van der Waals surface area (Å²) in [7, 11) is -3.15. The van der Waals surface area contributed by atoms with Crippen LogP contribution in [0.2, 0.25) is 0 Å². The Hall–Kier alpha value is -1.69. The molecule has 158 valence electrons. The standard InChI is InChI=1S/C24H33NO3S/c1-17(12-18-8-6-5-7-9-18)23(26)14-25-22-16-29(27,28)15-19-10-11-20(13-21(19)22)24(2,3)4/h5-11,13,17,22-23,25-26H,12,14-16H2,1-4H3. The van der Waals surface area contributed by atoms with Crippen molar-refractivity contribution >= 4 is 9.84 Å². The van der Waals surface area contributed by atoms with Crippen molar-refractivity contribution in [3.63, 3.8) is 0 Å². The van der Waals surface area contributed by atoms with Crippen molar-refractivity contribution in [2.45, 2.75) is 57.4 Å². The maximum Gasteiger partial charge on any atom is 0.156 e. The van der Waals surface area contributed by atoms with Crippen molar-refractivity contribution in [3.8, 4) is 0 Å². The van der Waals surface area contributed by atoms with E-state index < -0.39 is 15.9 Å². The molecule has 4 nitrogen and oxygen atoms in total. The van der Waals surface area contributed by atoms with Gasteiger partial charge in [0.05, 0.1) is 17.6 Å². The van der Waals surface area contributed by atoms with Crippen LogP contribution in [0.5, 0.6) is 0 Å². The molecule has 29 heavy (non-hydrogen) atoms. The highest BCUT2D eigenvalue weighted by Crippen LogP contribution is 2.33. The molecule has 3 unspecified atom stereocenters. The lowest BCUT2D eigenvalue weighted by molar-refractivity contribution is 0.112. The molecule has 0 saturated carbocycles. The Morgan fingerprint density at radius 3 is 2.48 bits per heavy atom. The van der Waals surface area contributed by atoms with Gasteiger partial charge in [-0.25, -0.2) is 8.42 Å². The van der Waals surface area contributed by atoms with Crippen molar-refractivity contribution in [2.24, 2.45) is 5.92 Å². The number of fused-ring (bicyclic) bond motifs is 1. The minimum Gasteiger partial charge on any atom is -0.392 e. The number of rotatable bonds is 6. The van der Waals surface area contributed by atoms with E-state index in [4.69, 9.17) is 0 Å². The van der Waals surface area contributed by atoms with Crippen LogP contribution in [0.15, 0.2) is 48.5 Å². The van der Waals surface area contributed by atoms with Crippen LogP contribution in [0.25, 0.3) is 0 Å².